The van der Waals surface area contributed by atoms with Crippen molar-refractivity contribution >= 4 is 44.7 Å². The summed E-state index contributed by atoms with van der Waals surface area (Å²) in [4.78, 5) is 4.12. The van der Waals surface area contributed by atoms with Crippen LogP contribution in [-0.2, 0) is 0 Å². The third kappa shape index (κ3) is 5.17. The van der Waals surface area contributed by atoms with Gasteiger partial charge >= 0.3 is 0 Å². The monoisotopic (exact) mass is 572 g/mol. The molecule has 2 aromatic heterocycles. The number of halogens is 2. The van der Waals surface area contributed by atoms with Crippen LogP contribution < -0.4 is 0 Å². The Bertz CT molecular complexity index is 1540. The van der Waals surface area contributed by atoms with Crippen molar-refractivity contribution in [1.82, 2.24) is 8.75 Å². The van der Waals surface area contributed by atoms with Crippen molar-refractivity contribution in [2.24, 2.45) is 0 Å². The molecule has 0 saturated heterocycles. The second-order valence-electron chi connectivity index (χ2n) is 8.29. The Morgan fingerprint density at radius 2 is 0.816 bits per heavy atom. The maximum atomic E-state index is 13.7. The fourth-order valence-electron chi connectivity index (χ4n) is 3.93. The molecule has 0 aliphatic carbocycles. The molecule has 0 N–H and O–H groups in total. The second-order valence-corrected chi connectivity index (χ2v) is 12.0. The highest BCUT2D eigenvalue weighted by atomic mass is 33.1. The van der Waals surface area contributed by atoms with E-state index in [0.29, 0.717) is 0 Å². The maximum absolute atomic E-state index is 13.7. The number of rotatable bonds is 7. The zero-order valence-electron chi connectivity index (χ0n) is 19.7. The Morgan fingerprint density at radius 1 is 0.447 bits per heavy atom. The van der Waals surface area contributed by atoms with Crippen LogP contribution in [0, 0.1) is 11.6 Å². The Balaban J connectivity index is 1.44. The van der Waals surface area contributed by atoms with E-state index < -0.39 is 0 Å². The summed E-state index contributed by atoms with van der Waals surface area (Å²) >= 11 is 2.87. The van der Waals surface area contributed by atoms with Crippen LogP contribution in [0.4, 0.5) is 8.78 Å². The summed E-state index contributed by atoms with van der Waals surface area (Å²) < 4.78 is 37.0. The van der Waals surface area contributed by atoms with E-state index in [-0.39, 0.29) is 11.6 Å². The Morgan fingerprint density at radius 3 is 1.18 bits per heavy atom. The second kappa shape index (κ2) is 11.2. The van der Waals surface area contributed by atoms with Crippen LogP contribution in [0.5, 0.6) is 0 Å². The lowest BCUT2D eigenvalue weighted by atomic mass is 10.1. The van der Waals surface area contributed by atoms with E-state index in [0.717, 1.165) is 53.2 Å². The van der Waals surface area contributed by atoms with Crippen LogP contribution in [0.15, 0.2) is 119 Å². The van der Waals surface area contributed by atoms with E-state index in [9.17, 15) is 8.78 Å². The predicted molar refractivity (Wildman–Crippen MR) is 158 cm³/mol. The summed E-state index contributed by atoms with van der Waals surface area (Å²) in [5.74, 6) is -0.562. The predicted octanol–water partition coefficient (Wildman–Crippen LogP) is 10.3. The van der Waals surface area contributed by atoms with Gasteiger partial charge in [-0.15, -0.1) is 0 Å². The molecule has 0 bridgehead atoms. The zero-order valence-corrected chi connectivity index (χ0v) is 22.9. The molecule has 0 fully saturated rings. The van der Waals surface area contributed by atoms with Crippen molar-refractivity contribution in [3.8, 4) is 43.4 Å². The van der Waals surface area contributed by atoms with Gasteiger partial charge in [-0.1, -0.05) is 60.7 Å². The fraction of sp³-hybridized carbons (Fsp3) is 0. The molecule has 0 radical (unpaired) electrons. The minimum absolute atomic E-state index is 0.281. The molecular formula is C30H18F2N2S4. The van der Waals surface area contributed by atoms with Gasteiger partial charge in [0.2, 0.25) is 0 Å². The summed E-state index contributed by atoms with van der Waals surface area (Å²) in [5, 5.41) is 0. The first-order valence-electron chi connectivity index (χ1n) is 11.6. The highest BCUT2D eigenvalue weighted by molar-refractivity contribution is 8.76. The van der Waals surface area contributed by atoms with Gasteiger partial charge in [-0.2, -0.15) is 8.75 Å². The third-order valence-corrected chi connectivity index (χ3v) is 10.3. The van der Waals surface area contributed by atoms with Crippen molar-refractivity contribution in [2.75, 3.05) is 0 Å². The molecule has 0 saturated carbocycles. The van der Waals surface area contributed by atoms with Crippen molar-refractivity contribution in [3.63, 3.8) is 0 Å². The number of hydrogen-bond donors (Lipinski definition) is 0. The van der Waals surface area contributed by atoms with Gasteiger partial charge in [0.1, 0.15) is 11.6 Å². The molecule has 4 aromatic carbocycles. The lowest BCUT2D eigenvalue weighted by Crippen LogP contribution is -1.84. The van der Waals surface area contributed by atoms with Gasteiger partial charge < -0.3 is 0 Å². The van der Waals surface area contributed by atoms with Gasteiger partial charge in [-0.05, 0) is 104 Å². The topological polar surface area (TPSA) is 25.8 Å². The minimum atomic E-state index is -0.281. The van der Waals surface area contributed by atoms with Crippen molar-refractivity contribution < 1.29 is 8.78 Å². The van der Waals surface area contributed by atoms with E-state index in [1.165, 1.54) is 47.3 Å². The number of hydrogen-bond acceptors (Lipinski definition) is 6. The van der Waals surface area contributed by atoms with E-state index in [4.69, 9.17) is 8.75 Å². The van der Waals surface area contributed by atoms with Crippen LogP contribution in [0.2, 0.25) is 0 Å². The Kier molecular flexibility index (Phi) is 7.38. The highest BCUT2D eigenvalue weighted by Gasteiger charge is 2.23. The van der Waals surface area contributed by atoms with Gasteiger partial charge in [-0.3, -0.25) is 0 Å². The van der Waals surface area contributed by atoms with Crippen molar-refractivity contribution in [3.05, 3.63) is 121 Å². The molecule has 6 rings (SSSR count). The molecule has 0 aliphatic heterocycles. The SMILES string of the molecule is Fc1ccc(-c2nsc(-c3ccccc3)c2SSc2c(-c3ccc(F)cc3)nsc2-c2ccccc2)cc1. The van der Waals surface area contributed by atoms with Crippen molar-refractivity contribution in [2.45, 2.75) is 9.79 Å². The molecule has 38 heavy (non-hydrogen) atoms. The summed E-state index contributed by atoms with van der Waals surface area (Å²) in [6, 6.07) is 33.2. The molecule has 8 heteroatoms. The molecule has 186 valence electrons. The number of benzene rings is 4. The first-order valence-corrected chi connectivity index (χ1v) is 15.3. The van der Waals surface area contributed by atoms with Gasteiger partial charge in [0, 0.05) is 11.1 Å². The average Bonchev–Trinajstić information content (AvgIpc) is 3.58. The quantitative estimate of drug-likeness (QED) is 0.178. The molecule has 0 atom stereocenters. The molecular weight excluding hydrogens is 555 g/mol. The van der Waals surface area contributed by atoms with E-state index in [1.807, 2.05) is 36.4 Å². The third-order valence-electron chi connectivity index (χ3n) is 5.81. The Labute approximate surface area is 235 Å². The fourth-order valence-corrected chi connectivity index (χ4v) is 8.95. The summed E-state index contributed by atoms with van der Waals surface area (Å²) in [5.41, 5.74) is 5.51. The minimum Gasteiger partial charge on any atom is -0.207 e. The molecule has 6 aromatic rings. The normalized spacial score (nSPS) is 11.1. The summed E-state index contributed by atoms with van der Waals surface area (Å²) in [7, 11) is 3.23. The molecule has 2 nitrogen and oxygen atoms in total. The van der Waals surface area contributed by atoms with Crippen LogP contribution in [0.25, 0.3) is 43.4 Å². The van der Waals surface area contributed by atoms with E-state index >= 15 is 0 Å². The van der Waals surface area contributed by atoms with E-state index in [2.05, 4.69) is 24.3 Å². The van der Waals surface area contributed by atoms with E-state index in [1.54, 1.807) is 45.9 Å². The average molecular weight is 573 g/mol. The Hall–Kier alpha value is -3.30. The van der Waals surface area contributed by atoms with Gasteiger partial charge in [0.25, 0.3) is 0 Å². The first-order chi connectivity index (χ1) is 18.7. The zero-order chi connectivity index (χ0) is 25.9. The summed E-state index contributed by atoms with van der Waals surface area (Å²) in [6.07, 6.45) is 0. The van der Waals surface area contributed by atoms with Crippen LogP contribution in [0.1, 0.15) is 0 Å². The smallest absolute Gasteiger partial charge is 0.123 e. The molecule has 2 heterocycles. The molecule has 0 unspecified atom stereocenters. The van der Waals surface area contributed by atoms with Gasteiger partial charge in [0.15, 0.2) is 0 Å². The van der Waals surface area contributed by atoms with Crippen LogP contribution in [-0.4, -0.2) is 8.75 Å². The van der Waals surface area contributed by atoms with Crippen LogP contribution >= 0.6 is 44.7 Å². The molecule has 0 spiro atoms. The standard InChI is InChI=1S/C30H18F2N2S4/c31-23-15-11-19(12-16-23)25-29(27(35-33-25)21-7-3-1-4-8-21)37-38-30-26(20-13-17-24(32)18-14-20)34-36-28(30)22-9-5-2-6-10-22/h1-18H. The first kappa shape index (κ1) is 25.0. The molecule has 0 amide bonds. The largest absolute Gasteiger partial charge is 0.207 e. The lowest BCUT2D eigenvalue weighted by molar-refractivity contribution is 0.627. The number of aromatic nitrogens is 2. The maximum Gasteiger partial charge on any atom is 0.123 e. The summed E-state index contributed by atoms with van der Waals surface area (Å²) in [6.45, 7) is 0. The van der Waals surface area contributed by atoms with Gasteiger partial charge in [0.05, 0.1) is 30.9 Å². The van der Waals surface area contributed by atoms with Crippen molar-refractivity contribution in [1.29, 1.82) is 0 Å². The van der Waals surface area contributed by atoms with Gasteiger partial charge in [-0.25, -0.2) is 8.78 Å². The lowest BCUT2D eigenvalue weighted by Gasteiger charge is -2.09. The number of nitrogens with zero attached hydrogens (tertiary/aromatic N) is 2. The molecule has 0 aliphatic rings. The highest BCUT2D eigenvalue weighted by Crippen LogP contribution is 2.53. The van der Waals surface area contributed by atoms with Crippen LogP contribution in [0.3, 0.4) is 0 Å².